The number of rotatable bonds is 7. The lowest BCUT2D eigenvalue weighted by Gasteiger charge is -2.10. The largest absolute Gasteiger partial charge is 0.326 e. The van der Waals surface area contributed by atoms with Gasteiger partial charge in [0.05, 0.1) is 0 Å². The van der Waals surface area contributed by atoms with Crippen LogP contribution in [0.2, 0.25) is 0 Å². The van der Waals surface area contributed by atoms with Crippen molar-refractivity contribution in [2.45, 2.75) is 17.6 Å². The van der Waals surface area contributed by atoms with Gasteiger partial charge in [-0.1, -0.05) is 19.1 Å². The summed E-state index contributed by atoms with van der Waals surface area (Å²) >= 11 is 1.11. The summed E-state index contributed by atoms with van der Waals surface area (Å²) in [4.78, 5) is 23.9. The van der Waals surface area contributed by atoms with Crippen LogP contribution in [0.1, 0.15) is 23.7 Å². The lowest BCUT2D eigenvalue weighted by atomic mass is 10.2. The predicted octanol–water partition coefficient (Wildman–Crippen LogP) is 4.15. The fraction of sp³-hybridized carbons (Fsp3) is 0.100. The first-order valence-corrected chi connectivity index (χ1v) is 11.1. The molecule has 150 valence electrons. The van der Waals surface area contributed by atoms with Crippen LogP contribution in [0.3, 0.4) is 0 Å². The summed E-state index contributed by atoms with van der Waals surface area (Å²) in [5.41, 5.74) is 1.79. The molecular formula is C20H19N3O4S2. The third-order valence-corrected chi connectivity index (χ3v) is 6.66. The van der Waals surface area contributed by atoms with Gasteiger partial charge in [0.15, 0.2) is 0 Å². The van der Waals surface area contributed by atoms with Crippen molar-refractivity contribution in [3.63, 3.8) is 0 Å². The van der Waals surface area contributed by atoms with Crippen LogP contribution < -0.4 is 15.4 Å². The summed E-state index contributed by atoms with van der Waals surface area (Å²) in [6, 6.07) is 16.1. The average molecular weight is 430 g/mol. The van der Waals surface area contributed by atoms with Gasteiger partial charge in [0.2, 0.25) is 5.91 Å². The zero-order valence-corrected chi connectivity index (χ0v) is 17.1. The number of carbonyl (C=O) groups excluding carboxylic acids is 2. The van der Waals surface area contributed by atoms with Gasteiger partial charge in [-0.15, -0.1) is 11.3 Å². The summed E-state index contributed by atoms with van der Waals surface area (Å²) < 4.78 is 27.3. The van der Waals surface area contributed by atoms with E-state index in [0.29, 0.717) is 29.0 Å². The maximum absolute atomic E-state index is 12.5. The lowest BCUT2D eigenvalue weighted by Crippen LogP contribution is -2.14. The van der Waals surface area contributed by atoms with Crippen molar-refractivity contribution in [2.75, 3.05) is 15.4 Å². The summed E-state index contributed by atoms with van der Waals surface area (Å²) in [6.45, 7) is 1.76. The summed E-state index contributed by atoms with van der Waals surface area (Å²) in [6.07, 6.45) is 0.380. The molecule has 3 rings (SSSR count). The van der Waals surface area contributed by atoms with E-state index in [2.05, 4.69) is 15.4 Å². The Hall–Kier alpha value is -3.17. The van der Waals surface area contributed by atoms with Crippen molar-refractivity contribution in [2.24, 2.45) is 0 Å². The fourth-order valence-corrected chi connectivity index (χ4v) is 4.48. The van der Waals surface area contributed by atoms with Crippen LogP contribution >= 0.6 is 11.3 Å². The number of amides is 2. The molecular weight excluding hydrogens is 410 g/mol. The molecule has 0 fully saturated rings. The van der Waals surface area contributed by atoms with Crippen LogP contribution in [-0.4, -0.2) is 20.2 Å². The summed E-state index contributed by atoms with van der Waals surface area (Å²) in [5, 5.41) is 7.15. The van der Waals surface area contributed by atoms with E-state index < -0.39 is 10.0 Å². The molecule has 0 atom stereocenters. The second kappa shape index (κ2) is 8.89. The number of hydrogen-bond donors (Lipinski definition) is 3. The highest BCUT2D eigenvalue weighted by molar-refractivity contribution is 7.94. The van der Waals surface area contributed by atoms with E-state index in [9.17, 15) is 18.0 Å². The van der Waals surface area contributed by atoms with E-state index in [1.165, 1.54) is 12.1 Å². The van der Waals surface area contributed by atoms with Gasteiger partial charge in [0.1, 0.15) is 4.21 Å². The van der Waals surface area contributed by atoms with E-state index in [4.69, 9.17) is 0 Å². The highest BCUT2D eigenvalue weighted by Gasteiger charge is 2.16. The van der Waals surface area contributed by atoms with Crippen LogP contribution in [0.25, 0.3) is 0 Å². The van der Waals surface area contributed by atoms with Gasteiger partial charge in [-0.2, -0.15) is 0 Å². The van der Waals surface area contributed by atoms with E-state index in [-0.39, 0.29) is 16.0 Å². The third kappa shape index (κ3) is 5.43. The molecule has 3 N–H and O–H groups in total. The standard InChI is InChI=1S/C20H19N3O4S2/c1-2-18(24)21-15-8-10-16(11-9-15)22-20(25)14-5-3-6-17(13-14)23-29(26,27)19-7-4-12-28-19/h3-13,23H,2H2,1H3,(H,21,24)(H,22,25). The fourth-order valence-electron chi connectivity index (χ4n) is 2.44. The van der Waals surface area contributed by atoms with Crippen molar-refractivity contribution in [1.82, 2.24) is 0 Å². The average Bonchev–Trinajstić information content (AvgIpc) is 3.25. The summed E-state index contributed by atoms with van der Waals surface area (Å²) in [7, 11) is -3.69. The Balaban J connectivity index is 1.69. The van der Waals surface area contributed by atoms with Crippen LogP contribution in [0.5, 0.6) is 0 Å². The van der Waals surface area contributed by atoms with Crippen LogP contribution in [-0.2, 0) is 14.8 Å². The molecule has 2 amide bonds. The van der Waals surface area contributed by atoms with Crippen LogP contribution in [0.4, 0.5) is 17.1 Å². The minimum absolute atomic E-state index is 0.0939. The van der Waals surface area contributed by atoms with Gasteiger partial charge in [-0.25, -0.2) is 8.42 Å². The van der Waals surface area contributed by atoms with Crippen molar-refractivity contribution in [1.29, 1.82) is 0 Å². The predicted molar refractivity (Wildman–Crippen MR) is 115 cm³/mol. The van der Waals surface area contributed by atoms with Gasteiger partial charge in [-0.05, 0) is 53.9 Å². The molecule has 0 bridgehead atoms. The number of carbonyl (C=O) groups is 2. The quantitative estimate of drug-likeness (QED) is 0.525. The van der Waals surface area contributed by atoms with E-state index in [1.54, 1.807) is 60.8 Å². The Bertz CT molecular complexity index is 1110. The maximum Gasteiger partial charge on any atom is 0.271 e. The Morgan fingerprint density at radius 2 is 1.59 bits per heavy atom. The highest BCUT2D eigenvalue weighted by atomic mass is 32.2. The van der Waals surface area contributed by atoms with Gasteiger partial charge in [0, 0.05) is 29.0 Å². The Morgan fingerprint density at radius 1 is 0.897 bits per heavy atom. The van der Waals surface area contributed by atoms with E-state index in [0.717, 1.165) is 11.3 Å². The lowest BCUT2D eigenvalue weighted by molar-refractivity contribution is -0.115. The first kappa shape index (κ1) is 20.6. The molecule has 0 saturated heterocycles. The molecule has 0 radical (unpaired) electrons. The van der Waals surface area contributed by atoms with Gasteiger partial charge >= 0.3 is 0 Å². The molecule has 7 nitrogen and oxygen atoms in total. The molecule has 0 saturated carbocycles. The molecule has 3 aromatic rings. The topological polar surface area (TPSA) is 104 Å². The second-order valence-electron chi connectivity index (χ2n) is 6.05. The Kier molecular flexibility index (Phi) is 6.30. The molecule has 0 aliphatic rings. The maximum atomic E-state index is 12.5. The second-order valence-corrected chi connectivity index (χ2v) is 8.91. The van der Waals surface area contributed by atoms with Crippen molar-refractivity contribution >= 4 is 50.2 Å². The van der Waals surface area contributed by atoms with Crippen LogP contribution in [0.15, 0.2) is 70.3 Å². The third-order valence-electron chi connectivity index (χ3n) is 3.88. The zero-order valence-electron chi connectivity index (χ0n) is 15.5. The van der Waals surface area contributed by atoms with E-state index >= 15 is 0 Å². The molecule has 1 heterocycles. The molecule has 0 aliphatic heterocycles. The number of benzene rings is 2. The first-order chi connectivity index (χ1) is 13.9. The zero-order chi connectivity index (χ0) is 20.9. The number of anilines is 3. The molecule has 1 aromatic heterocycles. The van der Waals surface area contributed by atoms with Crippen molar-refractivity contribution < 1.29 is 18.0 Å². The highest BCUT2D eigenvalue weighted by Crippen LogP contribution is 2.21. The number of hydrogen-bond acceptors (Lipinski definition) is 5. The molecule has 29 heavy (non-hydrogen) atoms. The molecule has 9 heteroatoms. The monoisotopic (exact) mass is 429 g/mol. The molecule has 0 spiro atoms. The number of thiophene rings is 1. The first-order valence-electron chi connectivity index (χ1n) is 8.75. The minimum Gasteiger partial charge on any atom is -0.326 e. The molecule has 2 aromatic carbocycles. The number of sulfonamides is 1. The Morgan fingerprint density at radius 3 is 2.21 bits per heavy atom. The van der Waals surface area contributed by atoms with Crippen molar-refractivity contribution in [3.8, 4) is 0 Å². The molecule has 0 aliphatic carbocycles. The Labute approximate surface area is 172 Å². The summed E-state index contributed by atoms with van der Waals surface area (Å²) in [5.74, 6) is -0.476. The molecule has 0 unspecified atom stereocenters. The van der Waals surface area contributed by atoms with Gasteiger partial charge in [-0.3, -0.25) is 14.3 Å². The van der Waals surface area contributed by atoms with Crippen LogP contribution in [0, 0.1) is 0 Å². The van der Waals surface area contributed by atoms with E-state index in [1.807, 2.05) is 0 Å². The SMILES string of the molecule is CCC(=O)Nc1ccc(NC(=O)c2cccc(NS(=O)(=O)c3cccs3)c2)cc1. The minimum atomic E-state index is -3.69. The number of nitrogens with one attached hydrogen (secondary N) is 3. The van der Waals surface area contributed by atoms with Gasteiger partial charge < -0.3 is 10.6 Å². The normalized spacial score (nSPS) is 10.9. The van der Waals surface area contributed by atoms with Gasteiger partial charge in [0.25, 0.3) is 15.9 Å². The smallest absolute Gasteiger partial charge is 0.271 e. The van der Waals surface area contributed by atoms with Crippen molar-refractivity contribution in [3.05, 3.63) is 71.6 Å².